The molecule has 116 valence electrons. The van der Waals surface area contributed by atoms with Crippen LogP contribution in [0.1, 0.15) is 44.8 Å². The first-order valence-corrected chi connectivity index (χ1v) is 8.24. The summed E-state index contributed by atoms with van der Waals surface area (Å²) in [5, 5.41) is 11.1. The molecule has 1 fully saturated rings. The van der Waals surface area contributed by atoms with Crippen molar-refractivity contribution in [3.63, 3.8) is 0 Å². The number of rotatable bonds is 2. The fraction of sp³-hybridized carbons (Fsp3) is 0.647. The van der Waals surface area contributed by atoms with Crippen molar-refractivity contribution in [2.75, 3.05) is 19.6 Å². The third-order valence-electron chi connectivity index (χ3n) is 4.61. The maximum atomic E-state index is 10.5. The summed E-state index contributed by atoms with van der Waals surface area (Å²) in [4.78, 5) is 2.50. The summed E-state index contributed by atoms with van der Waals surface area (Å²) in [6.07, 6.45) is 2.18. The monoisotopic (exact) mass is 309 g/mol. The van der Waals surface area contributed by atoms with Crippen LogP contribution in [0.2, 0.25) is 5.02 Å². The molecule has 0 saturated carbocycles. The van der Waals surface area contributed by atoms with Gasteiger partial charge in [0.15, 0.2) is 0 Å². The Morgan fingerprint density at radius 3 is 2.76 bits per heavy atom. The highest BCUT2D eigenvalue weighted by Crippen LogP contribution is 2.44. The maximum Gasteiger partial charge on any atom is 0.126 e. The van der Waals surface area contributed by atoms with Crippen molar-refractivity contribution in [2.24, 2.45) is 5.92 Å². The zero-order valence-corrected chi connectivity index (χ0v) is 13.6. The van der Waals surface area contributed by atoms with Gasteiger partial charge in [-0.05, 0) is 37.0 Å². The number of hydrogen-bond acceptors (Lipinski definition) is 3. The minimum Gasteiger partial charge on any atom is -0.487 e. The molecule has 1 spiro atoms. The lowest BCUT2D eigenvalue weighted by atomic mass is 9.81. The normalized spacial score (nSPS) is 24.9. The van der Waals surface area contributed by atoms with E-state index in [1.54, 1.807) is 0 Å². The van der Waals surface area contributed by atoms with Crippen LogP contribution in [0.15, 0.2) is 18.2 Å². The predicted octanol–water partition coefficient (Wildman–Crippen LogP) is 3.65. The molecule has 3 rings (SSSR count). The molecule has 2 heterocycles. The number of aliphatic hydroxyl groups excluding tert-OH is 1. The molecule has 0 radical (unpaired) electrons. The fourth-order valence-corrected chi connectivity index (χ4v) is 3.76. The molecule has 0 aliphatic carbocycles. The average molecular weight is 310 g/mol. The molecule has 1 aromatic rings. The van der Waals surface area contributed by atoms with Gasteiger partial charge < -0.3 is 14.7 Å². The standard InChI is InChI=1S/C17H24ClNO2/c1-12(2)11-19-7-5-17(6-8-19)10-15(20)14-9-13(18)3-4-16(14)21-17/h3-4,9,12,15,20H,5-8,10-11H2,1-2H3. The minimum atomic E-state index is -0.468. The Labute approximate surface area is 131 Å². The first-order chi connectivity index (χ1) is 9.97. The number of hydrogen-bond donors (Lipinski definition) is 1. The summed E-state index contributed by atoms with van der Waals surface area (Å²) in [5.41, 5.74) is 0.631. The second-order valence-electron chi connectivity index (χ2n) is 6.88. The van der Waals surface area contributed by atoms with Crippen LogP contribution < -0.4 is 4.74 Å². The van der Waals surface area contributed by atoms with Crippen molar-refractivity contribution in [1.82, 2.24) is 4.90 Å². The van der Waals surface area contributed by atoms with Crippen LogP contribution in [-0.4, -0.2) is 35.2 Å². The van der Waals surface area contributed by atoms with Crippen LogP contribution in [0, 0.1) is 5.92 Å². The topological polar surface area (TPSA) is 32.7 Å². The van der Waals surface area contributed by atoms with E-state index in [2.05, 4.69) is 18.7 Å². The molecule has 0 amide bonds. The van der Waals surface area contributed by atoms with Gasteiger partial charge in [-0.1, -0.05) is 25.4 Å². The molecule has 1 N–H and O–H groups in total. The van der Waals surface area contributed by atoms with Gasteiger partial charge in [-0.3, -0.25) is 0 Å². The number of likely N-dealkylation sites (tertiary alicyclic amines) is 1. The van der Waals surface area contributed by atoms with E-state index >= 15 is 0 Å². The van der Waals surface area contributed by atoms with Crippen LogP contribution in [0.3, 0.4) is 0 Å². The molecular weight excluding hydrogens is 286 g/mol. The van der Waals surface area contributed by atoms with E-state index in [4.69, 9.17) is 16.3 Å². The largest absolute Gasteiger partial charge is 0.487 e. The van der Waals surface area contributed by atoms with Gasteiger partial charge >= 0.3 is 0 Å². The van der Waals surface area contributed by atoms with E-state index in [0.29, 0.717) is 17.4 Å². The molecule has 0 bridgehead atoms. The van der Waals surface area contributed by atoms with Gasteiger partial charge in [0, 0.05) is 36.6 Å². The summed E-state index contributed by atoms with van der Waals surface area (Å²) in [5.74, 6) is 1.50. The Hall–Kier alpha value is -0.770. The van der Waals surface area contributed by atoms with Crippen LogP contribution in [0.25, 0.3) is 0 Å². The van der Waals surface area contributed by atoms with Gasteiger partial charge in [0.05, 0.1) is 6.10 Å². The number of ether oxygens (including phenoxy) is 1. The van der Waals surface area contributed by atoms with E-state index in [1.165, 1.54) is 0 Å². The van der Waals surface area contributed by atoms with Crippen LogP contribution in [0.5, 0.6) is 5.75 Å². The quantitative estimate of drug-likeness (QED) is 0.905. The summed E-state index contributed by atoms with van der Waals surface area (Å²) < 4.78 is 6.29. The molecule has 1 unspecified atom stereocenters. The third kappa shape index (κ3) is 3.20. The number of nitrogens with zero attached hydrogens (tertiary/aromatic N) is 1. The molecular formula is C17H24ClNO2. The Kier molecular flexibility index (Phi) is 4.17. The summed E-state index contributed by atoms with van der Waals surface area (Å²) >= 11 is 6.01. The van der Waals surface area contributed by atoms with Crippen molar-refractivity contribution in [3.8, 4) is 5.75 Å². The third-order valence-corrected chi connectivity index (χ3v) is 4.85. The number of fused-ring (bicyclic) bond motifs is 1. The van der Waals surface area contributed by atoms with Gasteiger partial charge in [0.25, 0.3) is 0 Å². The summed E-state index contributed by atoms with van der Waals surface area (Å²) in [6, 6.07) is 5.55. The smallest absolute Gasteiger partial charge is 0.126 e. The highest BCUT2D eigenvalue weighted by Gasteiger charge is 2.42. The van der Waals surface area contributed by atoms with E-state index in [1.807, 2.05) is 18.2 Å². The second-order valence-corrected chi connectivity index (χ2v) is 7.32. The van der Waals surface area contributed by atoms with Crippen molar-refractivity contribution in [1.29, 1.82) is 0 Å². The Balaban J connectivity index is 1.73. The van der Waals surface area contributed by atoms with E-state index in [9.17, 15) is 5.11 Å². The number of halogens is 1. The summed E-state index contributed by atoms with van der Waals surface area (Å²) in [7, 11) is 0. The molecule has 21 heavy (non-hydrogen) atoms. The zero-order chi connectivity index (χ0) is 15.0. The molecule has 2 aliphatic heterocycles. The number of piperidine rings is 1. The lowest BCUT2D eigenvalue weighted by Crippen LogP contribution is -2.51. The second kappa shape index (κ2) is 5.79. The predicted molar refractivity (Wildman–Crippen MR) is 84.9 cm³/mol. The molecule has 1 atom stereocenters. The Morgan fingerprint density at radius 2 is 2.10 bits per heavy atom. The van der Waals surface area contributed by atoms with Gasteiger partial charge in [-0.25, -0.2) is 0 Å². The van der Waals surface area contributed by atoms with Crippen LogP contribution in [-0.2, 0) is 0 Å². The first kappa shape index (κ1) is 15.1. The van der Waals surface area contributed by atoms with Crippen LogP contribution in [0.4, 0.5) is 0 Å². The maximum absolute atomic E-state index is 10.5. The fourth-order valence-electron chi connectivity index (χ4n) is 3.58. The molecule has 3 nitrogen and oxygen atoms in total. The zero-order valence-electron chi connectivity index (χ0n) is 12.8. The highest BCUT2D eigenvalue weighted by molar-refractivity contribution is 6.30. The molecule has 2 aliphatic rings. The van der Waals surface area contributed by atoms with Crippen LogP contribution >= 0.6 is 11.6 Å². The van der Waals surface area contributed by atoms with E-state index < -0.39 is 6.10 Å². The number of benzene rings is 1. The SMILES string of the molecule is CC(C)CN1CCC2(CC1)CC(O)c1cc(Cl)ccc1O2. The molecule has 4 heteroatoms. The molecule has 0 aromatic heterocycles. The van der Waals surface area contributed by atoms with Gasteiger partial charge in [-0.15, -0.1) is 0 Å². The minimum absolute atomic E-state index is 0.201. The Morgan fingerprint density at radius 1 is 1.38 bits per heavy atom. The first-order valence-electron chi connectivity index (χ1n) is 7.86. The van der Waals surface area contributed by atoms with E-state index in [-0.39, 0.29) is 5.60 Å². The number of aliphatic hydroxyl groups is 1. The van der Waals surface area contributed by atoms with Crippen molar-refractivity contribution in [2.45, 2.75) is 44.8 Å². The molecule has 1 saturated heterocycles. The van der Waals surface area contributed by atoms with Crippen molar-refractivity contribution in [3.05, 3.63) is 28.8 Å². The van der Waals surface area contributed by atoms with E-state index in [0.717, 1.165) is 43.8 Å². The Bertz CT molecular complexity index is 510. The van der Waals surface area contributed by atoms with Gasteiger partial charge in [0.2, 0.25) is 0 Å². The average Bonchev–Trinajstić information content (AvgIpc) is 2.42. The lowest BCUT2D eigenvalue weighted by molar-refractivity contribution is -0.0551. The summed E-state index contributed by atoms with van der Waals surface area (Å²) in [6.45, 7) is 7.75. The van der Waals surface area contributed by atoms with Crippen molar-refractivity contribution >= 4 is 11.6 Å². The van der Waals surface area contributed by atoms with Crippen molar-refractivity contribution < 1.29 is 9.84 Å². The lowest BCUT2D eigenvalue weighted by Gasteiger charge is -2.46. The highest BCUT2D eigenvalue weighted by atomic mass is 35.5. The van der Waals surface area contributed by atoms with Gasteiger partial charge in [-0.2, -0.15) is 0 Å². The van der Waals surface area contributed by atoms with Gasteiger partial charge in [0.1, 0.15) is 11.4 Å². The molecule has 1 aromatic carbocycles.